The predicted molar refractivity (Wildman–Crippen MR) is 96.8 cm³/mol. The second-order valence-corrected chi connectivity index (χ2v) is 7.39. The van der Waals surface area contributed by atoms with Gasteiger partial charge in [-0.3, -0.25) is 9.59 Å². The molecule has 0 heterocycles. The molecule has 9 heteroatoms. The number of sulfonamides is 1. The maximum absolute atomic E-state index is 13.7. The van der Waals surface area contributed by atoms with Crippen LogP contribution in [0, 0.1) is 5.82 Å². The smallest absolute Gasteiger partial charge is 0.324 e. The van der Waals surface area contributed by atoms with Crippen LogP contribution in [0.3, 0.4) is 0 Å². The number of carbonyl (C=O) groups is 2. The largest absolute Gasteiger partial charge is 0.451 e. The van der Waals surface area contributed by atoms with E-state index in [1.54, 1.807) is 30.3 Å². The first-order valence-electron chi connectivity index (χ1n) is 8.04. The molecule has 0 unspecified atom stereocenters. The molecular formula is C18H19FN2O5S. The average Bonchev–Trinajstić information content (AvgIpc) is 2.62. The van der Waals surface area contributed by atoms with E-state index in [9.17, 15) is 22.4 Å². The van der Waals surface area contributed by atoms with Gasteiger partial charge in [-0.15, -0.1) is 0 Å². The summed E-state index contributed by atoms with van der Waals surface area (Å²) in [5.41, 5.74) is 0.527. The molecule has 7 nitrogen and oxygen atoms in total. The Bertz CT molecular complexity index is 918. The number of carbonyl (C=O) groups excluding carboxylic acids is 2. The number of para-hydroxylation sites is 1. The van der Waals surface area contributed by atoms with E-state index < -0.39 is 44.8 Å². The van der Waals surface area contributed by atoms with E-state index in [1.807, 2.05) is 4.72 Å². The van der Waals surface area contributed by atoms with Gasteiger partial charge in [0.2, 0.25) is 10.0 Å². The van der Waals surface area contributed by atoms with Gasteiger partial charge in [-0.05, 0) is 38.1 Å². The predicted octanol–water partition coefficient (Wildman–Crippen LogP) is 2.06. The minimum absolute atomic E-state index is 0.527. The molecule has 0 aliphatic rings. The van der Waals surface area contributed by atoms with Gasteiger partial charge in [0.25, 0.3) is 5.91 Å². The lowest BCUT2D eigenvalue weighted by Gasteiger charge is -2.17. The van der Waals surface area contributed by atoms with Crippen molar-refractivity contribution in [3.8, 4) is 0 Å². The Morgan fingerprint density at radius 2 is 1.59 bits per heavy atom. The van der Waals surface area contributed by atoms with Gasteiger partial charge in [0.1, 0.15) is 16.8 Å². The minimum Gasteiger partial charge on any atom is -0.451 e. The highest BCUT2D eigenvalue weighted by atomic mass is 32.2. The topological polar surface area (TPSA) is 102 Å². The molecule has 2 aromatic carbocycles. The molecule has 0 spiro atoms. The molecule has 0 fully saturated rings. The maximum atomic E-state index is 13.7. The van der Waals surface area contributed by atoms with Crippen molar-refractivity contribution in [3.63, 3.8) is 0 Å². The van der Waals surface area contributed by atoms with Crippen molar-refractivity contribution in [2.75, 3.05) is 5.32 Å². The highest BCUT2D eigenvalue weighted by Gasteiger charge is 2.27. The Kier molecular flexibility index (Phi) is 6.65. The van der Waals surface area contributed by atoms with Crippen molar-refractivity contribution in [1.82, 2.24) is 4.72 Å². The standard InChI is InChI=1S/C18H19FN2O5S/c1-12(21-27(24,25)16-11-7-6-10-15(16)19)18(23)26-13(2)17(22)20-14-8-4-3-5-9-14/h3-13,21H,1-2H3,(H,20,22)/t12-,13-/m0/s1. The number of anilines is 1. The summed E-state index contributed by atoms with van der Waals surface area (Å²) in [5, 5.41) is 2.56. The number of hydrogen-bond acceptors (Lipinski definition) is 5. The van der Waals surface area contributed by atoms with Gasteiger partial charge < -0.3 is 10.1 Å². The highest BCUT2D eigenvalue weighted by molar-refractivity contribution is 7.89. The first-order chi connectivity index (χ1) is 12.7. The molecule has 144 valence electrons. The van der Waals surface area contributed by atoms with Crippen molar-refractivity contribution >= 4 is 27.6 Å². The van der Waals surface area contributed by atoms with Crippen molar-refractivity contribution in [1.29, 1.82) is 0 Å². The van der Waals surface area contributed by atoms with Gasteiger partial charge in [-0.2, -0.15) is 4.72 Å². The number of ether oxygens (including phenoxy) is 1. The zero-order valence-corrected chi connectivity index (χ0v) is 15.5. The summed E-state index contributed by atoms with van der Waals surface area (Å²) in [6.45, 7) is 2.59. The molecule has 1 amide bonds. The van der Waals surface area contributed by atoms with Crippen LogP contribution in [0.15, 0.2) is 59.5 Å². The third-order valence-corrected chi connectivity index (χ3v) is 5.09. The van der Waals surface area contributed by atoms with Gasteiger partial charge in [-0.25, -0.2) is 12.8 Å². The van der Waals surface area contributed by atoms with Gasteiger partial charge in [-0.1, -0.05) is 30.3 Å². The lowest BCUT2D eigenvalue weighted by molar-refractivity contribution is -0.154. The SMILES string of the molecule is C[C@H](NS(=O)(=O)c1ccccc1F)C(=O)O[C@@H](C)C(=O)Nc1ccccc1. The van der Waals surface area contributed by atoms with Gasteiger partial charge in [0.05, 0.1) is 0 Å². The zero-order chi connectivity index (χ0) is 20.0. The molecule has 27 heavy (non-hydrogen) atoms. The second-order valence-electron chi connectivity index (χ2n) is 5.71. The molecule has 2 N–H and O–H groups in total. The number of benzene rings is 2. The lowest BCUT2D eigenvalue weighted by Crippen LogP contribution is -2.42. The number of rotatable bonds is 7. The van der Waals surface area contributed by atoms with Crippen LogP contribution in [0.5, 0.6) is 0 Å². The normalized spacial score (nSPS) is 13.4. The first-order valence-corrected chi connectivity index (χ1v) is 9.52. The van der Waals surface area contributed by atoms with E-state index in [1.165, 1.54) is 26.0 Å². The monoisotopic (exact) mass is 394 g/mol. The van der Waals surface area contributed by atoms with Crippen molar-refractivity contribution in [2.24, 2.45) is 0 Å². The van der Waals surface area contributed by atoms with Gasteiger partial charge in [0, 0.05) is 5.69 Å². The molecule has 0 radical (unpaired) electrons. The van der Waals surface area contributed by atoms with Crippen LogP contribution in [0.25, 0.3) is 0 Å². The van der Waals surface area contributed by atoms with E-state index in [-0.39, 0.29) is 0 Å². The summed E-state index contributed by atoms with van der Waals surface area (Å²) in [6, 6.07) is 12.0. The summed E-state index contributed by atoms with van der Waals surface area (Å²) >= 11 is 0. The molecule has 2 rings (SSSR count). The van der Waals surface area contributed by atoms with Crippen LogP contribution in [-0.2, 0) is 24.3 Å². The molecular weight excluding hydrogens is 375 g/mol. The van der Waals surface area contributed by atoms with Gasteiger partial charge in [0.15, 0.2) is 6.10 Å². The van der Waals surface area contributed by atoms with Crippen LogP contribution in [0.2, 0.25) is 0 Å². The highest BCUT2D eigenvalue weighted by Crippen LogP contribution is 2.14. The molecule has 0 aromatic heterocycles. The minimum atomic E-state index is -4.27. The van der Waals surface area contributed by atoms with E-state index in [0.29, 0.717) is 5.69 Å². The maximum Gasteiger partial charge on any atom is 0.324 e. The van der Waals surface area contributed by atoms with E-state index in [2.05, 4.69) is 5.32 Å². The Hall–Kier alpha value is -2.78. The number of nitrogens with one attached hydrogen (secondary N) is 2. The van der Waals surface area contributed by atoms with Crippen LogP contribution in [0.1, 0.15) is 13.8 Å². The molecule has 2 aromatic rings. The number of esters is 1. The van der Waals surface area contributed by atoms with E-state index >= 15 is 0 Å². The molecule has 0 aliphatic carbocycles. The van der Waals surface area contributed by atoms with Gasteiger partial charge >= 0.3 is 5.97 Å². The Balaban J connectivity index is 1.96. The fourth-order valence-corrected chi connectivity index (χ4v) is 3.37. The fourth-order valence-electron chi connectivity index (χ4n) is 2.10. The quantitative estimate of drug-likeness (QED) is 0.700. The van der Waals surface area contributed by atoms with Crippen molar-refractivity contribution in [3.05, 3.63) is 60.4 Å². The summed E-state index contributed by atoms with van der Waals surface area (Å²) < 4.78 is 45.1. The van der Waals surface area contributed by atoms with Crippen LogP contribution >= 0.6 is 0 Å². The summed E-state index contributed by atoms with van der Waals surface area (Å²) in [4.78, 5) is 23.5. The fraction of sp³-hybridized carbons (Fsp3) is 0.222. The third-order valence-electron chi connectivity index (χ3n) is 3.52. The van der Waals surface area contributed by atoms with Crippen LogP contribution in [0.4, 0.5) is 10.1 Å². The van der Waals surface area contributed by atoms with Crippen molar-refractivity contribution in [2.45, 2.75) is 30.9 Å². The van der Waals surface area contributed by atoms with E-state index in [4.69, 9.17) is 4.74 Å². The molecule has 0 aliphatic heterocycles. The third kappa shape index (κ3) is 5.60. The number of amides is 1. The summed E-state index contributed by atoms with van der Waals surface area (Å²) in [5.74, 6) is -2.48. The van der Waals surface area contributed by atoms with Crippen LogP contribution in [-0.4, -0.2) is 32.4 Å². The summed E-state index contributed by atoms with van der Waals surface area (Å²) in [7, 11) is -4.27. The zero-order valence-electron chi connectivity index (χ0n) is 14.7. The molecule has 0 saturated carbocycles. The van der Waals surface area contributed by atoms with E-state index in [0.717, 1.165) is 12.1 Å². The molecule has 0 saturated heterocycles. The average molecular weight is 394 g/mol. The van der Waals surface area contributed by atoms with Crippen molar-refractivity contribution < 1.29 is 27.1 Å². The lowest BCUT2D eigenvalue weighted by atomic mass is 10.3. The molecule has 2 atom stereocenters. The number of halogens is 1. The Morgan fingerprint density at radius 3 is 2.22 bits per heavy atom. The second kappa shape index (κ2) is 8.74. The Labute approximate surface area is 156 Å². The first kappa shape index (κ1) is 20.5. The molecule has 0 bridgehead atoms. The Morgan fingerprint density at radius 1 is 1.00 bits per heavy atom. The summed E-state index contributed by atoms with van der Waals surface area (Å²) in [6.07, 6.45) is -1.15. The van der Waals surface area contributed by atoms with Crippen LogP contribution < -0.4 is 10.0 Å². The number of hydrogen-bond donors (Lipinski definition) is 2.